The lowest BCUT2D eigenvalue weighted by Gasteiger charge is -2.39. The van der Waals surface area contributed by atoms with Gasteiger partial charge < -0.3 is 19.5 Å². The zero-order valence-corrected chi connectivity index (χ0v) is 14.3. The van der Waals surface area contributed by atoms with Crippen molar-refractivity contribution in [2.24, 2.45) is 0 Å². The molecule has 6 nitrogen and oxygen atoms in total. The topological polar surface area (TPSA) is 62.2 Å². The Morgan fingerprint density at radius 3 is 2.61 bits per heavy atom. The second-order valence-electron chi connectivity index (χ2n) is 5.94. The lowest BCUT2D eigenvalue weighted by molar-refractivity contribution is 0.0686. The van der Waals surface area contributed by atoms with Crippen molar-refractivity contribution in [2.75, 3.05) is 40.9 Å². The molecule has 1 heterocycles. The number of carboxylic acid groups (broad SMARTS) is 1. The number of ether oxygens (including phenoxy) is 2. The summed E-state index contributed by atoms with van der Waals surface area (Å²) in [7, 11) is 5.22. The highest BCUT2D eigenvalue weighted by Crippen LogP contribution is 2.30. The van der Waals surface area contributed by atoms with Gasteiger partial charge in [-0.15, -0.1) is 0 Å². The Hall–Kier alpha value is -1.79. The molecule has 23 heavy (non-hydrogen) atoms. The maximum absolute atomic E-state index is 11.6. The predicted octanol–water partition coefficient (Wildman–Crippen LogP) is 1.93. The van der Waals surface area contributed by atoms with Gasteiger partial charge in [-0.3, -0.25) is 4.90 Å². The van der Waals surface area contributed by atoms with Gasteiger partial charge >= 0.3 is 5.97 Å². The minimum Gasteiger partial charge on any atom is -0.497 e. The van der Waals surface area contributed by atoms with E-state index < -0.39 is 5.97 Å². The number of piperazine rings is 1. The van der Waals surface area contributed by atoms with Crippen molar-refractivity contribution >= 4 is 5.97 Å². The smallest absolute Gasteiger partial charge is 0.336 e. The maximum Gasteiger partial charge on any atom is 0.336 e. The van der Waals surface area contributed by atoms with Crippen LogP contribution in [0.1, 0.15) is 29.3 Å². The van der Waals surface area contributed by atoms with E-state index in [2.05, 4.69) is 23.8 Å². The molecule has 1 aromatic rings. The number of hydrogen-bond donors (Lipinski definition) is 1. The van der Waals surface area contributed by atoms with E-state index in [4.69, 9.17) is 9.47 Å². The largest absolute Gasteiger partial charge is 0.497 e. The lowest BCUT2D eigenvalue weighted by atomic mass is 10.0. The Balaban J connectivity index is 2.29. The molecule has 0 saturated carbocycles. The molecule has 1 fully saturated rings. The molecule has 1 atom stereocenters. The Labute approximate surface area is 137 Å². The highest BCUT2D eigenvalue weighted by molar-refractivity contribution is 5.91. The number of likely N-dealkylation sites (N-methyl/N-ethyl adjacent to an activating group) is 1. The van der Waals surface area contributed by atoms with Crippen LogP contribution in [0.15, 0.2) is 12.1 Å². The van der Waals surface area contributed by atoms with Crippen molar-refractivity contribution in [3.05, 3.63) is 23.3 Å². The van der Waals surface area contributed by atoms with Crippen molar-refractivity contribution < 1.29 is 19.4 Å². The minimum atomic E-state index is -0.960. The Morgan fingerprint density at radius 2 is 2.04 bits per heavy atom. The minimum absolute atomic E-state index is 0.244. The van der Waals surface area contributed by atoms with Gasteiger partial charge in [0.25, 0.3) is 0 Å². The van der Waals surface area contributed by atoms with Crippen LogP contribution in [-0.4, -0.2) is 67.8 Å². The highest BCUT2D eigenvalue weighted by Gasteiger charge is 2.26. The van der Waals surface area contributed by atoms with Gasteiger partial charge in [0.15, 0.2) is 0 Å². The number of rotatable bonds is 6. The summed E-state index contributed by atoms with van der Waals surface area (Å²) in [6.45, 7) is 5.59. The molecule has 0 bridgehead atoms. The van der Waals surface area contributed by atoms with Gasteiger partial charge in [-0.2, -0.15) is 0 Å². The zero-order valence-electron chi connectivity index (χ0n) is 14.3. The highest BCUT2D eigenvalue weighted by atomic mass is 16.5. The average molecular weight is 322 g/mol. The van der Waals surface area contributed by atoms with Gasteiger partial charge in [0, 0.05) is 43.9 Å². The van der Waals surface area contributed by atoms with Crippen LogP contribution in [0.4, 0.5) is 0 Å². The Kier molecular flexibility index (Phi) is 5.85. The van der Waals surface area contributed by atoms with E-state index in [1.54, 1.807) is 19.2 Å². The fraction of sp³-hybridized carbons (Fsp3) is 0.588. The number of nitrogens with zero attached hydrogens (tertiary/aromatic N) is 2. The van der Waals surface area contributed by atoms with Crippen LogP contribution in [0, 0.1) is 0 Å². The monoisotopic (exact) mass is 322 g/mol. The third-order valence-electron chi connectivity index (χ3n) is 4.58. The first-order valence-electron chi connectivity index (χ1n) is 7.90. The quantitative estimate of drug-likeness (QED) is 0.863. The number of hydrogen-bond acceptors (Lipinski definition) is 5. The van der Waals surface area contributed by atoms with Gasteiger partial charge in [-0.1, -0.05) is 6.92 Å². The van der Waals surface area contributed by atoms with Crippen LogP contribution in [0.25, 0.3) is 0 Å². The van der Waals surface area contributed by atoms with Crippen LogP contribution in [0.2, 0.25) is 0 Å². The number of aromatic carboxylic acids is 1. The first-order chi connectivity index (χ1) is 11.0. The van der Waals surface area contributed by atoms with Gasteiger partial charge in [-0.05, 0) is 19.5 Å². The van der Waals surface area contributed by atoms with E-state index >= 15 is 0 Å². The molecule has 128 valence electrons. The van der Waals surface area contributed by atoms with Crippen LogP contribution in [0.5, 0.6) is 11.5 Å². The van der Waals surface area contributed by atoms with E-state index in [1.165, 1.54) is 7.11 Å². The zero-order chi connectivity index (χ0) is 17.0. The van der Waals surface area contributed by atoms with Crippen molar-refractivity contribution in [3.63, 3.8) is 0 Å². The number of methoxy groups -OCH3 is 2. The summed E-state index contributed by atoms with van der Waals surface area (Å²) in [6.07, 6.45) is 1.08. The second-order valence-corrected chi connectivity index (χ2v) is 5.94. The molecular formula is C17H26N2O4. The summed E-state index contributed by atoms with van der Waals surface area (Å²) in [6, 6.07) is 3.81. The van der Waals surface area contributed by atoms with Crippen molar-refractivity contribution in [3.8, 4) is 11.5 Å². The first kappa shape index (κ1) is 17.6. The number of carbonyl (C=O) groups is 1. The van der Waals surface area contributed by atoms with Crippen LogP contribution in [-0.2, 0) is 6.54 Å². The fourth-order valence-electron chi connectivity index (χ4n) is 3.09. The van der Waals surface area contributed by atoms with Crippen molar-refractivity contribution in [2.45, 2.75) is 25.9 Å². The van der Waals surface area contributed by atoms with Crippen LogP contribution < -0.4 is 9.47 Å². The van der Waals surface area contributed by atoms with Gasteiger partial charge in [0.2, 0.25) is 0 Å². The maximum atomic E-state index is 11.6. The summed E-state index contributed by atoms with van der Waals surface area (Å²) in [4.78, 5) is 16.3. The van der Waals surface area contributed by atoms with Crippen LogP contribution in [0.3, 0.4) is 0 Å². The van der Waals surface area contributed by atoms with Gasteiger partial charge in [0.1, 0.15) is 11.5 Å². The predicted molar refractivity (Wildman–Crippen MR) is 88.5 cm³/mol. The van der Waals surface area contributed by atoms with E-state index in [0.717, 1.165) is 26.1 Å². The average Bonchev–Trinajstić information content (AvgIpc) is 2.56. The molecule has 6 heteroatoms. The molecule has 1 aliphatic rings. The molecule has 1 aromatic carbocycles. The van der Waals surface area contributed by atoms with E-state index in [0.29, 0.717) is 29.6 Å². The summed E-state index contributed by atoms with van der Waals surface area (Å²) in [5.74, 6) is 0.0971. The molecule has 0 radical (unpaired) electrons. The summed E-state index contributed by atoms with van der Waals surface area (Å²) < 4.78 is 10.6. The van der Waals surface area contributed by atoms with Crippen molar-refractivity contribution in [1.29, 1.82) is 0 Å². The number of benzene rings is 1. The molecule has 0 aliphatic carbocycles. The second kappa shape index (κ2) is 7.66. The molecule has 1 saturated heterocycles. The number of carboxylic acids is 1. The van der Waals surface area contributed by atoms with Gasteiger partial charge in [-0.25, -0.2) is 4.79 Å². The van der Waals surface area contributed by atoms with Crippen LogP contribution >= 0.6 is 0 Å². The standard InChI is InChI=1S/C17H26N2O4/c1-5-12-10-19(7-6-18(12)2)11-15-14(17(20)21)8-13(22-3)9-16(15)23-4/h8-9,12H,5-7,10-11H2,1-4H3,(H,20,21)/t12-/m1/s1. The SMILES string of the molecule is CC[C@@H]1CN(Cc2c(OC)cc(OC)cc2C(=O)O)CCN1C. The molecule has 0 unspecified atom stereocenters. The fourth-order valence-corrected chi connectivity index (χ4v) is 3.09. The Morgan fingerprint density at radius 1 is 1.30 bits per heavy atom. The molecule has 0 aromatic heterocycles. The molecular weight excluding hydrogens is 296 g/mol. The van der Waals surface area contributed by atoms with E-state index in [-0.39, 0.29) is 5.56 Å². The molecule has 1 N–H and O–H groups in total. The molecule has 2 rings (SSSR count). The third-order valence-corrected chi connectivity index (χ3v) is 4.58. The molecule has 0 spiro atoms. The Bertz CT molecular complexity index is 562. The summed E-state index contributed by atoms with van der Waals surface area (Å²) in [5.41, 5.74) is 0.952. The summed E-state index contributed by atoms with van der Waals surface area (Å²) in [5, 5.41) is 9.54. The molecule has 1 aliphatic heterocycles. The normalized spacial score (nSPS) is 19.6. The van der Waals surface area contributed by atoms with E-state index in [1.807, 2.05) is 0 Å². The van der Waals surface area contributed by atoms with Crippen molar-refractivity contribution in [1.82, 2.24) is 9.80 Å². The van der Waals surface area contributed by atoms with Gasteiger partial charge in [0.05, 0.1) is 19.8 Å². The van der Waals surface area contributed by atoms with E-state index in [9.17, 15) is 9.90 Å². The lowest BCUT2D eigenvalue weighted by Crippen LogP contribution is -2.50. The third kappa shape index (κ3) is 3.95. The first-order valence-corrected chi connectivity index (χ1v) is 7.90. The summed E-state index contributed by atoms with van der Waals surface area (Å²) >= 11 is 0. The molecule has 0 amide bonds.